The number of imidazole rings is 1. The zero-order valence-corrected chi connectivity index (χ0v) is 14.8. The van der Waals surface area contributed by atoms with E-state index in [9.17, 15) is 4.79 Å². The van der Waals surface area contributed by atoms with Crippen molar-refractivity contribution >= 4 is 28.8 Å². The first-order chi connectivity index (χ1) is 11.4. The Kier molecular flexibility index (Phi) is 4.33. The van der Waals surface area contributed by atoms with Crippen molar-refractivity contribution in [3.8, 4) is 11.3 Å². The van der Waals surface area contributed by atoms with Crippen LogP contribution in [0, 0.1) is 12.3 Å². The first-order valence-corrected chi connectivity index (χ1v) is 8.36. The molecule has 0 radical (unpaired) electrons. The first kappa shape index (κ1) is 16.5. The minimum atomic E-state index is -0.598. The summed E-state index contributed by atoms with van der Waals surface area (Å²) in [5.74, 6) is 0.186. The van der Waals surface area contributed by atoms with Crippen molar-refractivity contribution in [1.29, 1.82) is 0 Å². The van der Waals surface area contributed by atoms with E-state index in [0.717, 1.165) is 22.6 Å². The summed E-state index contributed by atoms with van der Waals surface area (Å²) in [6, 6.07) is 11.8. The summed E-state index contributed by atoms with van der Waals surface area (Å²) in [6.45, 7) is 5.69. The molecule has 2 aromatic heterocycles. The van der Waals surface area contributed by atoms with Crippen molar-refractivity contribution in [1.82, 2.24) is 9.38 Å². The summed E-state index contributed by atoms with van der Waals surface area (Å²) < 4.78 is 2.00. The van der Waals surface area contributed by atoms with E-state index < -0.39 is 5.41 Å². The molecule has 3 aromatic rings. The Balaban J connectivity index is 1.82. The average Bonchev–Trinajstić information content (AvgIpc) is 2.98. The summed E-state index contributed by atoms with van der Waals surface area (Å²) in [4.78, 5) is 16.8. The van der Waals surface area contributed by atoms with Crippen molar-refractivity contribution in [2.24, 2.45) is 5.41 Å². The molecule has 0 aliphatic carbocycles. The van der Waals surface area contributed by atoms with Crippen molar-refractivity contribution in [3.05, 3.63) is 54.4 Å². The third kappa shape index (κ3) is 3.29. The monoisotopic (exact) mass is 341 g/mol. The summed E-state index contributed by atoms with van der Waals surface area (Å²) in [5, 5.41) is 2.90. The number of fused-ring (bicyclic) bond motifs is 1. The highest BCUT2D eigenvalue weighted by Gasteiger charge is 2.26. The maximum atomic E-state index is 12.2. The quantitative estimate of drug-likeness (QED) is 0.709. The van der Waals surface area contributed by atoms with Gasteiger partial charge in [0.15, 0.2) is 0 Å². The zero-order chi connectivity index (χ0) is 17.3. The summed E-state index contributed by atoms with van der Waals surface area (Å²) in [7, 11) is 0. The Bertz CT molecular complexity index is 881. The lowest BCUT2D eigenvalue weighted by molar-refractivity contribution is -0.122. The van der Waals surface area contributed by atoms with Crippen LogP contribution in [-0.4, -0.2) is 21.2 Å². The van der Waals surface area contributed by atoms with Crippen LogP contribution in [0.2, 0.25) is 0 Å². The Morgan fingerprint density at radius 3 is 2.62 bits per heavy atom. The zero-order valence-electron chi connectivity index (χ0n) is 14.0. The molecule has 4 nitrogen and oxygen atoms in total. The number of rotatable bonds is 4. The van der Waals surface area contributed by atoms with Crippen LogP contribution in [-0.2, 0) is 4.79 Å². The van der Waals surface area contributed by atoms with E-state index in [0.29, 0.717) is 0 Å². The molecule has 0 spiro atoms. The van der Waals surface area contributed by atoms with E-state index in [1.165, 1.54) is 5.56 Å². The second kappa shape index (κ2) is 6.29. The number of hydrogen-bond acceptors (Lipinski definition) is 2. The lowest BCUT2D eigenvalue weighted by Crippen LogP contribution is -2.32. The molecular formula is C19H20ClN3O. The number of aryl methyl sites for hydroxylation is 1. The van der Waals surface area contributed by atoms with Crippen molar-refractivity contribution in [3.63, 3.8) is 0 Å². The highest BCUT2D eigenvalue weighted by Crippen LogP contribution is 2.24. The maximum Gasteiger partial charge on any atom is 0.231 e. The van der Waals surface area contributed by atoms with Gasteiger partial charge in [-0.05, 0) is 50.6 Å². The summed E-state index contributed by atoms with van der Waals surface area (Å²) in [6.07, 6.45) is 4.00. The van der Waals surface area contributed by atoms with Gasteiger partial charge in [0.1, 0.15) is 5.65 Å². The minimum absolute atomic E-state index is 0.0894. The Hall–Kier alpha value is -2.33. The van der Waals surface area contributed by atoms with Gasteiger partial charge in [-0.1, -0.05) is 12.1 Å². The lowest BCUT2D eigenvalue weighted by atomic mass is 9.95. The number of alkyl halides is 1. The number of amides is 1. The molecule has 0 saturated heterocycles. The summed E-state index contributed by atoms with van der Waals surface area (Å²) >= 11 is 5.84. The first-order valence-electron chi connectivity index (χ1n) is 7.82. The second-order valence-corrected chi connectivity index (χ2v) is 6.91. The van der Waals surface area contributed by atoms with Crippen LogP contribution < -0.4 is 5.32 Å². The molecule has 124 valence electrons. The van der Waals surface area contributed by atoms with Crippen LogP contribution in [0.15, 0.2) is 48.8 Å². The number of nitrogens with zero attached hydrogens (tertiary/aromatic N) is 2. The summed E-state index contributed by atoms with van der Waals surface area (Å²) in [5.41, 5.74) is 4.16. The van der Waals surface area contributed by atoms with Crippen LogP contribution >= 0.6 is 11.6 Å². The highest BCUT2D eigenvalue weighted by atomic mass is 35.5. The van der Waals surface area contributed by atoms with E-state index in [2.05, 4.69) is 16.4 Å². The van der Waals surface area contributed by atoms with Gasteiger partial charge in [0.05, 0.1) is 11.1 Å². The smallest absolute Gasteiger partial charge is 0.231 e. The van der Waals surface area contributed by atoms with E-state index in [-0.39, 0.29) is 11.8 Å². The molecule has 1 aromatic carbocycles. The minimum Gasteiger partial charge on any atom is -0.326 e. The molecular weight excluding hydrogens is 322 g/mol. The molecule has 24 heavy (non-hydrogen) atoms. The predicted octanol–water partition coefficient (Wildman–Crippen LogP) is 4.51. The van der Waals surface area contributed by atoms with Crippen molar-refractivity contribution in [2.75, 3.05) is 11.2 Å². The molecule has 2 heterocycles. The van der Waals surface area contributed by atoms with E-state index in [1.807, 2.05) is 67.9 Å². The lowest BCUT2D eigenvalue weighted by Gasteiger charge is -2.20. The molecule has 0 aliphatic rings. The Morgan fingerprint density at radius 2 is 1.96 bits per heavy atom. The number of nitrogens with one attached hydrogen (secondary N) is 1. The van der Waals surface area contributed by atoms with Gasteiger partial charge in [-0.3, -0.25) is 4.79 Å². The van der Waals surface area contributed by atoms with Gasteiger partial charge in [-0.25, -0.2) is 4.98 Å². The molecule has 3 rings (SSSR count). The van der Waals surface area contributed by atoms with Gasteiger partial charge < -0.3 is 9.72 Å². The molecule has 0 aliphatic heterocycles. The molecule has 1 amide bonds. The third-order valence-corrected chi connectivity index (χ3v) is 4.67. The largest absolute Gasteiger partial charge is 0.326 e. The van der Waals surface area contributed by atoms with Gasteiger partial charge in [0.25, 0.3) is 0 Å². The fourth-order valence-electron chi connectivity index (χ4n) is 2.31. The number of carbonyl (C=O) groups excluding carboxylic acids is 1. The molecule has 5 heteroatoms. The molecule has 0 bridgehead atoms. The second-order valence-electron chi connectivity index (χ2n) is 6.64. The van der Waals surface area contributed by atoms with E-state index in [1.54, 1.807) is 0 Å². The number of benzene rings is 1. The molecule has 0 fully saturated rings. The fraction of sp³-hybridized carbons (Fsp3) is 0.263. The van der Waals surface area contributed by atoms with Crippen LogP contribution in [0.5, 0.6) is 0 Å². The average molecular weight is 342 g/mol. The predicted molar refractivity (Wildman–Crippen MR) is 98.5 cm³/mol. The van der Waals surface area contributed by atoms with Gasteiger partial charge in [0, 0.05) is 29.5 Å². The number of halogens is 1. The molecule has 0 atom stereocenters. The topological polar surface area (TPSA) is 46.4 Å². The Morgan fingerprint density at radius 1 is 1.25 bits per heavy atom. The fourth-order valence-corrected chi connectivity index (χ4v) is 2.43. The standard InChI is InChI=1S/C19H20ClN3O/c1-13-8-9-23-11-16(22-17(23)10-13)14-4-6-15(7-5-14)21-18(24)19(2,3)12-20/h4-11H,12H2,1-3H3,(H,21,24). The van der Waals surface area contributed by atoms with Crippen LogP contribution in [0.3, 0.4) is 0 Å². The maximum absolute atomic E-state index is 12.2. The van der Waals surface area contributed by atoms with Crippen LogP contribution in [0.1, 0.15) is 19.4 Å². The highest BCUT2D eigenvalue weighted by molar-refractivity contribution is 6.20. The van der Waals surface area contributed by atoms with Crippen LogP contribution in [0.25, 0.3) is 16.9 Å². The number of pyridine rings is 1. The normalized spacial score (nSPS) is 11.7. The van der Waals surface area contributed by atoms with E-state index >= 15 is 0 Å². The van der Waals surface area contributed by atoms with Gasteiger partial charge >= 0.3 is 0 Å². The van der Waals surface area contributed by atoms with Crippen molar-refractivity contribution in [2.45, 2.75) is 20.8 Å². The van der Waals surface area contributed by atoms with Gasteiger partial charge in [-0.15, -0.1) is 11.6 Å². The SMILES string of the molecule is Cc1ccn2cc(-c3ccc(NC(=O)C(C)(C)CCl)cc3)nc2c1. The van der Waals surface area contributed by atoms with Gasteiger partial charge in [-0.2, -0.15) is 0 Å². The van der Waals surface area contributed by atoms with Crippen molar-refractivity contribution < 1.29 is 4.79 Å². The molecule has 0 saturated carbocycles. The van der Waals surface area contributed by atoms with Gasteiger partial charge in [0.2, 0.25) is 5.91 Å². The molecule has 0 unspecified atom stereocenters. The number of carbonyl (C=O) groups is 1. The number of hydrogen-bond donors (Lipinski definition) is 1. The number of aromatic nitrogens is 2. The van der Waals surface area contributed by atoms with E-state index in [4.69, 9.17) is 11.6 Å². The van der Waals surface area contributed by atoms with Crippen LogP contribution in [0.4, 0.5) is 5.69 Å². The third-order valence-electron chi connectivity index (χ3n) is 4.00. The molecule has 1 N–H and O–H groups in total. The Labute approximate surface area is 146 Å². The number of anilines is 1.